The second-order valence-corrected chi connectivity index (χ2v) is 5.99. The highest BCUT2D eigenvalue weighted by molar-refractivity contribution is 7.59. The third kappa shape index (κ3) is 3.76. The van der Waals surface area contributed by atoms with Crippen molar-refractivity contribution in [3.63, 3.8) is 0 Å². The Kier molecular flexibility index (Phi) is 5.95. The predicted octanol–water partition coefficient (Wildman–Crippen LogP) is 2.19. The summed E-state index contributed by atoms with van der Waals surface area (Å²) < 4.78 is 11.2. The number of carbonyl (C=O) groups is 2. The number of fused-ring (bicyclic) bond motifs is 1. The summed E-state index contributed by atoms with van der Waals surface area (Å²) in [6.45, 7) is 2.58. The van der Waals surface area contributed by atoms with E-state index in [4.69, 9.17) is 14.7 Å². The molecule has 0 bridgehead atoms. The van der Waals surface area contributed by atoms with Crippen molar-refractivity contribution in [3.8, 4) is 5.75 Å². The van der Waals surface area contributed by atoms with E-state index in [-0.39, 0.29) is 31.7 Å². The fourth-order valence-electron chi connectivity index (χ4n) is 2.61. The van der Waals surface area contributed by atoms with Crippen LogP contribution in [0.3, 0.4) is 0 Å². The second kappa shape index (κ2) is 7.76. The molecule has 24 heavy (non-hydrogen) atoms. The molecule has 1 saturated carbocycles. The summed E-state index contributed by atoms with van der Waals surface area (Å²) in [6, 6.07) is 4.74. The standard InChI is InChI=1S/C16H20N2O5.H2S/c1-10-9-22-14-7-11(15(19)17-21)5-6-12(14)8-18(10)16(20)23-13-3-2-4-13;/h5-7,10,13,21H,2-4,8-9H2,1H3,(H,17,19);1H2/t10-;/m0./s1. The molecule has 3 rings (SSSR count). The van der Waals surface area contributed by atoms with E-state index in [2.05, 4.69) is 0 Å². The maximum atomic E-state index is 12.3. The Labute approximate surface area is 147 Å². The Morgan fingerprint density at radius 3 is 2.75 bits per heavy atom. The van der Waals surface area contributed by atoms with Gasteiger partial charge in [0.05, 0.1) is 12.6 Å². The molecule has 7 nitrogen and oxygen atoms in total. The van der Waals surface area contributed by atoms with Gasteiger partial charge >= 0.3 is 6.09 Å². The van der Waals surface area contributed by atoms with Crippen LogP contribution in [0.2, 0.25) is 0 Å². The third-order valence-electron chi connectivity index (χ3n) is 4.34. The third-order valence-corrected chi connectivity index (χ3v) is 4.34. The summed E-state index contributed by atoms with van der Waals surface area (Å²) in [6.07, 6.45) is 2.68. The number of amides is 2. The van der Waals surface area contributed by atoms with Gasteiger partial charge in [0.1, 0.15) is 18.5 Å². The summed E-state index contributed by atoms with van der Waals surface area (Å²) in [4.78, 5) is 25.5. The molecule has 1 fully saturated rings. The largest absolute Gasteiger partial charge is 0.491 e. The van der Waals surface area contributed by atoms with Gasteiger partial charge in [-0.15, -0.1) is 0 Å². The summed E-state index contributed by atoms with van der Waals surface area (Å²) in [7, 11) is 0. The van der Waals surface area contributed by atoms with Crippen molar-refractivity contribution in [2.75, 3.05) is 6.61 Å². The normalized spacial score (nSPS) is 19.8. The molecule has 1 aliphatic carbocycles. The molecule has 2 aliphatic rings. The van der Waals surface area contributed by atoms with Gasteiger partial charge in [0.25, 0.3) is 5.91 Å². The zero-order valence-corrected chi connectivity index (χ0v) is 14.4. The summed E-state index contributed by atoms with van der Waals surface area (Å²) in [5.74, 6) is -0.0631. The first-order valence-electron chi connectivity index (χ1n) is 7.76. The molecular formula is C16H22N2O5S. The van der Waals surface area contributed by atoms with Gasteiger partial charge in [0.2, 0.25) is 0 Å². The SMILES string of the molecule is C[C@H]1COc2cc(C(=O)NO)ccc2CN1C(=O)OC1CCC1.S. The number of benzene rings is 1. The van der Waals surface area contributed by atoms with E-state index < -0.39 is 5.91 Å². The lowest BCUT2D eigenvalue weighted by Gasteiger charge is -2.31. The minimum Gasteiger partial charge on any atom is -0.491 e. The number of rotatable bonds is 2. The number of hydrogen-bond acceptors (Lipinski definition) is 5. The molecule has 132 valence electrons. The van der Waals surface area contributed by atoms with Crippen LogP contribution in [0.1, 0.15) is 42.1 Å². The first-order chi connectivity index (χ1) is 11.1. The fourth-order valence-corrected chi connectivity index (χ4v) is 2.61. The van der Waals surface area contributed by atoms with Crippen molar-refractivity contribution < 1.29 is 24.3 Å². The molecule has 0 saturated heterocycles. The minimum absolute atomic E-state index is 0. The topological polar surface area (TPSA) is 88.1 Å². The van der Waals surface area contributed by atoms with Gasteiger partial charge in [-0.25, -0.2) is 10.3 Å². The zero-order chi connectivity index (χ0) is 16.4. The van der Waals surface area contributed by atoms with E-state index in [1.165, 1.54) is 0 Å². The van der Waals surface area contributed by atoms with E-state index in [1.54, 1.807) is 28.6 Å². The predicted molar refractivity (Wildman–Crippen MR) is 90.7 cm³/mol. The Hall–Kier alpha value is -1.93. The van der Waals surface area contributed by atoms with Crippen LogP contribution in [0.15, 0.2) is 18.2 Å². The lowest BCUT2D eigenvalue weighted by atomic mass is 9.96. The molecule has 2 N–H and O–H groups in total. The zero-order valence-electron chi connectivity index (χ0n) is 13.4. The van der Waals surface area contributed by atoms with E-state index in [9.17, 15) is 9.59 Å². The molecule has 0 spiro atoms. The molecular weight excluding hydrogens is 332 g/mol. The minimum atomic E-state index is -0.602. The first-order valence-corrected chi connectivity index (χ1v) is 7.76. The lowest BCUT2D eigenvalue weighted by Crippen LogP contribution is -2.42. The number of hydroxylamine groups is 1. The number of hydrogen-bond donors (Lipinski definition) is 2. The smallest absolute Gasteiger partial charge is 0.410 e. The van der Waals surface area contributed by atoms with Crippen LogP contribution in [0.25, 0.3) is 0 Å². The van der Waals surface area contributed by atoms with Crippen molar-refractivity contribution in [3.05, 3.63) is 29.3 Å². The van der Waals surface area contributed by atoms with Gasteiger partial charge < -0.3 is 9.47 Å². The molecule has 1 aromatic rings. The van der Waals surface area contributed by atoms with Gasteiger partial charge in [-0.1, -0.05) is 6.07 Å². The molecule has 2 amide bonds. The number of nitrogens with zero attached hydrogens (tertiary/aromatic N) is 1. The average Bonchev–Trinajstić information content (AvgIpc) is 2.69. The molecule has 1 heterocycles. The fraction of sp³-hybridized carbons (Fsp3) is 0.500. The number of ether oxygens (including phenoxy) is 2. The van der Waals surface area contributed by atoms with Gasteiger partial charge in [-0.2, -0.15) is 13.5 Å². The molecule has 1 aromatic carbocycles. The monoisotopic (exact) mass is 354 g/mol. The van der Waals surface area contributed by atoms with Crippen LogP contribution < -0.4 is 10.2 Å². The molecule has 1 aliphatic heterocycles. The first kappa shape index (κ1) is 18.4. The van der Waals surface area contributed by atoms with Crippen LogP contribution in [-0.2, 0) is 11.3 Å². The van der Waals surface area contributed by atoms with Crippen molar-refractivity contribution in [1.82, 2.24) is 10.4 Å². The quantitative estimate of drug-likeness (QED) is 0.628. The van der Waals surface area contributed by atoms with Gasteiger partial charge in [-0.3, -0.25) is 14.9 Å². The van der Waals surface area contributed by atoms with E-state index >= 15 is 0 Å². The van der Waals surface area contributed by atoms with Crippen LogP contribution in [0, 0.1) is 0 Å². The van der Waals surface area contributed by atoms with E-state index in [0.29, 0.717) is 24.5 Å². The maximum Gasteiger partial charge on any atom is 0.410 e. The Bertz CT molecular complexity index is 620. The van der Waals surface area contributed by atoms with Gasteiger partial charge in [0.15, 0.2) is 0 Å². The van der Waals surface area contributed by atoms with Gasteiger partial charge in [-0.05, 0) is 38.3 Å². The van der Waals surface area contributed by atoms with Crippen molar-refractivity contribution in [1.29, 1.82) is 0 Å². The molecule has 0 aromatic heterocycles. The Morgan fingerprint density at radius 2 is 2.12 bits per heavy atom. The van der Waals surface area contributed by atoms with E-state index in [1.807, 2.05) is 6.92 Å². The molecule has 1 atom stereocenters. The van der Waals surface area contributed by atoms with Crippen molar-refractivity contribution in [2.24, 2.45) is 0 Å². The van der Waals surface area contributed by atoms with Gasteiger partial charge in [0, 0.05) is 11.1 Å². The van der Waals surface area contributed by atoms with Crippen LogP contribution in [-0.4, -0.2) is 40.9 Å². The Morgan fingerprint density at radius 1 is 1.38 bits per heavy atom. The Balaban J connectivity index is 0.00000208. The number of carbonyl (C=O) groups excluding carboxylic acids is 2. The maximum absolute atomic E-state index is 12.3. The van der Waals surface area contributed by atoms with Crippen LogP contribution in [0.4, 0.5) is 4.79 Å². The molecule has 0 radical (unpaired) electrons. The van der Waals surface area contributed by atoms with Crippen LogP contribution >= 0.6 is 13.5 Å². The summed E-state index contributed by atoms with van der Waals surface area (Å²) in [5, 5.41) is 8.71. The highest BCUT2D eigenvalue weighted by Crippen LogP contribution is 2.28. The molecule has 0 unspecified atom stereocenters. The van der Waals surface area contributed by atoms with E-state index in [0.717, 1.165) is 24.8 Å². The highest BCUT2D eigenvalue weighted by Gasteiger charge is 2.30. The van der Waals surface area contributed by atoms with Crippen LogP contribution in [0.5, 0.6) is 5.75 Å². The number of nitrogens with one attached hydrogen (secondary N) is 1. The lowest BCUT2D eigenvalue weighted by molar-refractivity contribution is 0.0157. The molecule has 8 heteroatoms. The highest BCUT2D eigenvalue weighted by atomic mass is 32.1. The average molecular weight is 354 g/mol. The van der Waals surface area contributed by atoms with Crippen molar-refractivity contribution >= 4 is 25.5 Å². The summed E-state index contributed by atoms with van der Waals surface area (Å²) >= 11 is 0. The summed E-state index contributed by atoms with van der Waals surface area (Å²) in [5.41, 5.74) is 2.69. The second-order valence-electron chi connectivity index (χ2n) is 5.99. The van der Waals surface area contributed by atoms with Crippen molar-refractivity contribution in [2.45, 2.75) is 44.9 Å².